The quantitative estimate of drug-likeness (QED) is 0.465. The third-order valence-electron chi connectivity index (χ3n) is 3.97. The van der Waals surface area contributed by atoms with Crippen molar-refractivity contribution in [2.75, 3.05) is 11.9 Å². The Hall–Kier alpha value is -2.27. The summed E-state index contributed by atoms with van der Waals surface area (Å²) >= 11 is 1.53. The molecule has 0 fully saturated rings. The van der Waals surface area contributed by atoms with Crippen molar-refractivity contribution in [2.24, 2.45) is 0 Å². The molecule has 0 saturated heterocycles. The molecule has 0 spiro atoms. The van der Waals surface area contributed by atoms with E-state index < -0.39 is 0 Å². The number of allylic oxidation sites excluding steroid dienone is 1. The van der Waals surface area contributed by atoms with E-state index in [0.717, 1.165) is 26.4 Å². The molecule has 1 aliphatic rings. The molecule has 24 heavy (non-hydrogen) atoms. The number of esters is 1. The van der Waals surface area contributed by atoms with Crippen molar-refractivity contribution in [3.63, 3.8) is 0 Å². The first-order valence-corrected chi connectivity index (χ1v) is 8.79. The van der Waals surface area contributed by atoms with Gasteiger partial charge in [-0.15, -0.1) is 0 Å². The van der Waals surface area contributed by atoms with Gasteiger partial charge in [0.15, 0.2) is 5.78 Å². The number of hydrogen-bond acceptors (Lipinski definition) is 5. The highest BCUT2D eigenvalue weighted by Crippen LogP contribution is 2.51. The number of carbonyl (C=O) groups is 2. The molecule has 0 N–H and O–H groups in total. The minimum Gasteiger partial charge on any atom is -0.426 e. The smallest absolute Gasteiger partial charge is 0.310 e. The Bertz CT molecular complexity index is 857. The first kappa shape index (κ1) is 16.6. The lowest BCUT2D eigenvalue weighted by Crippen LogP contribution is -2.12. The Balaban J connectivity index is 2.14. The van der Waals surface area contributed by atoms with Gasteiger partial charge in [0.25, 0.3) is 0 Å². The zero-order chi connectivity index (χ0) is 17.3. The van der Waals surface area contributed by atoms with Gasteiger partial charge < -0.3 is 9.64 Å². The summed E-state index contributed by atoms with van der Waals surface area (Å²) in [4.78, 5) is 26.6. The molecule has 0 unspecified atom stereocenters. The molecule has 0 radical (unpaired) electrons. The first-order valence-electron chi connectivity index (χ1n) is 7.97. The number of nitrogens with zero attached hydrogens (tertiary/aromatic N) is 1. The Morgan fingerprint density at radius 1 is 1.17 bits per heavy atom. The molecule has 0 saturated carbocycles. The predicted molar refractivity (Wildman–Crippen MR) is 97.5 cm³/mol. The summed E-state index contributed by atoms with van der Waals surface area (Å²) in [6, 6.07) is 9.75. The molecule has 1 heterocycles. The summed E-state index contributed by atoms with van der Waals surface area (Å²) in [5.41, 5.74) is 1.04. The summed E-state index contributed by atoms with van der Waals surface area (Å²) in [6.07, 6.45) is 2.49. The van der Waals surface area contributed by atoms with E-state index in [1.165, 1.54) is 11.8 Å². The summed E-state index contributed by atoms with van der Waals surface area (Å²) in [6.45, 7) is 3.63. The molecule has 5 heteroatoms. The van der Waals surface area contributed by atoms with E-state index in [1.807, 2.05) is 49.2 Å². The normalized spacial score (nSPS) is 15.0. The molecule has 2 aromatic carbocycles. The molecule has 0 amide bonds. The van der Waals surface area contributed by atoms with Crippen LogP contribution in [0.4, 0.5) is 5.69 Å². The van der Waals surface area contributed by atoms with Crippen LogP contribution in [0.25, 0.3) is 10.8 Å². The lowest BCUT2D eigenvalue weighted by atomic mass is 10.1. The molecule has 0 bridgehead atoms. The number of ketones is 1. The van der Waals surface area contributed by atoms with Gasteiger partial charge in [0.1, 0.15) is 5.75 Å². The monoisotopic (exact) mass is 341 g/mol. The van der Waals surface area contributed by atoms with Gasteiger partial charge >= 0.3 is 5.97 Å². The fourth-order valence-electron chi connectivity index (χ4n) is 2.66. The van der Waals surface area contributed by atoms with E-state index in [2.05, 4.69) is 0 Å². The zero-order valence-corrected chi connectivity index (χ0v) is 14.8. The molecule has 0 atom stereocenters. The van der Waals surface area contributed by atoms with Crippen LogP contribution in [0, 0.1) is 0 Å². The maximum Gasteiger partial charge on any atom is 0.310 e. The molecule has 0 aromatic heterocycles. The van der Waals surface area contributed by atoms with Gasteiger partial charge in [0.2, 0.25) is 0 Å². The van der Waals surface area contributed by atoms with Crippen LogP contribution in [0.5, 0.6) is 5.75 Å². The average molecular weight is 341 g/mol. The van der Waals surface area contributed by atoms with Gasteiger partial charge in [0, 0.05) is 41.6 Å². The van der Waals surface area contributed by atoms with E-state index in [4.69, 9.17) is 4.74 Å². The molecular weight excluding hydrogens is 322 g/mol. The number of fused-ring (bicyclic) bond motifs is 3. The largest absolute Gasteiger partial charge is 0.426 e. The van der Waals surface area contributed by atoms with Gasteiger partial charge in [0.05, 0.1) is 10.7 Å². The Morgan fingerprint density at radius 3 is 2.54 bits per heavy atom. The number of anilines is 1. The second kappa shape index (κ2) is 6.69. The van der Waals surface area contributed by atoms with Crippen LogP contribution >= 0.6 is 11.8 Å². The topological polar surface area (TPSA) is 46.6 Å². The van der Waals surface area contributed by atoms with Crippen LogP contribution in [0.15, 0.2) is 46.3 Å². The highest BCUT2D eigenvalue weighted by Gasteiger charge is 2.27. The maximum absolute atomic E-state index is 11.8. The molecule has 3 rings (SSSR count). The average Bonchev–Trinajstić information content (AvgIpc) is 2.90. The SMILES string of the molecule is CCC(=O)C=C1Sc2cc(OC(=O)CC)c3ccccc3c2N1C. The number of hydrogen-bond donors (Lipinski definition) is 0. The number of rotatable bonds is 4. The van der Waals surface area contributed by atoms with Gasteiger partial charge in [-0.25, -0.2) is 0 Å². The fraction of sp³-hybridized carbons (Fsp3) is 0.263. The third kappa shape index (κ3) is 2.91. The van der Waals surface area contributed by atoms with E-state index in [-0.39, 0.29) is 11.8 Å². The third-order valence-corrected chi connectivity index (χ3v) is 5.10. The minimum atomic E-state index is -0.256. The number of thioether (sulfide) groups is 1. The van der Waals surface area contributed by atoms with E-state index >= 15 is 0 Å². The van der Waals surface area contributed by atoms with Crippen LogP contribution in [-0.4, -0.2) is 18.8 Å². The van der Waals surface area contributed by atoms with Crippen LogP contribution in [-0.2, 0) is 9.59 Å². The summed E-state index contributed by atoms with van der Waals surface area (Å²) in [7, 11) is 1.96. The highest BCUT2D eigenvalue weighted by atomic mass is 32.2. The van der Waals surface area contributed by atoms with E-state index in [0.29, 0.717) is 18.6 Å². The van der Waals surface area contributed by atoms with Gasteiger partial charge in [-0.05, 0) is 6.07 Å². The Morgan fingerprint density at radius 2 is 1.88 bits per heavy atom. The number of ether oxygens (including phenoxy) is 1. The Labute approximate surface area is 145 Å². The fourth-order valence-corrected chi connectivity index (χ4v) is 3.82. The predicted octanol–water partition coefficient (Wildman–Crippen LogP) is 4.52. The van der Waals surface area contributed by atoms with Gasteiger partial charge in [-0.2, -0.15) is 0 Å². The molecule has 124 valence electrons. The molecule has 1 aliphatic heterocycles. The standard InChI is InChI=1S/C19H19NO3S/c1-4-12(21)10-17-20(3)19-14-9-7-6-8-13(14)15(11-16(19)24-17)23-18(22)5-2/h6-11H,4-5H2,1-3H3. The molecule has 0 aliphatic carbocycles. The van der Waals surface area contributed by atoms with Crippen LogP contribution < -0.4 is 9.64 Å². The molecule has 4 nitrogen and oxygen atoms in total. The zero-order valence-electron chi connectivity index (χ0n) is 14.0. The van der Waals surface area contributed by atoms with Crippen molar-refractivity contribution >= 4 is 40.0 Å². The van der Waals surface area contributed by atoms with Crippen LogP contribution in [0.1, 0.15) is 26.7 Å². The van der Waals surface area contributed by atoms with Crippen molar-refractivity contribution in [1.82, 2.24) is 0 Å². The summed E-state index contributed by atoms with van der Waals surface area (Å²) in [5.74, 6) is 0.410. The maximum atomic E-state index is 11.8. The summed E-state index contributed by atoms with van der Waals surface area (Å²) < 4.78 is 5.52. The second-order valence-corrected chi connectivity index (χ2v) is 6.62. The van der Waals surface area contributed by atoms with E-state index in [1.54, 1.807) is 13.0 Å². The Kier molecular flexibility index (Phi) is 4.62. The van der Waals surface area contributed by atoms with Gasteiger partial charge in [-0.3, -0.25) is 9.59 Å². The highest BCUT2D eigenvalue weighted by molar-refractivity contribution is 8.03. The van der Waals surface area contributed by atoms with E-state index in [9.17, 15) is 9.59 Å². The van der Waals surface area contributed by atoms with Crippen molar-refractivity contribution in [3.8, 4) is 5.75 Å². The summed E-state index contributed by atoms with van der Waals surface area (Å²) in [5, 5.41) is 2.80. The molecule has 2 aromatic rings. The molecular formula is C19H19NO3S. The van der Waals surface area contributed by atoms with Crippen molar-refractivity contribution in [3.05, 3.63) is 41.4 Å². The van der Waals surface area contributed by atoms with Crippen LogP contribution in [0.3, 0.4) is 0 Å². The van der Waals surface area contributed by atoms with Crippen molar-refractivity contribution in [2.45, 2.75) is 31.6 Å². The van der Waals surface area contributed by atoms with Crippen LogP contribution in [0.2, 0.25) is 0 Å². The van der Waals surface area contributed by atoms with Crippen molar-refractivity contribution in [1.29, 1.82) is 0 Å². The van der Waals surface area contributed by atoms with Crippen molar-refractivity contribution < 1.29 is 14.3 Å². The minimum absolute atomic E-state index is 0.0964. The number of benzene rings is 2. The second-order valence-electron chi connectivity index (χ2n) is 5.56. The lowest BCUT2D eigenvalue weighted by molar-refractivity contribution is -0.133. The van der Waals surface area contributed by atoms with Gasteiger partial charge in [-0.1, -0.05) is 49.9 Å². The number of carbonyl (C=O) groups excluding carboxylic acids is 2. The lowest BCUT2D eigenvalue weighted by Gasteiger charge is -2.17. The first-order chi connectivity index (χ1) is 11.5.